The Bertz CT molecular complexity index is 898. The largest absolute Gasteiger partial charge is 0.294 e. The van der Waals surface area contributed by atoms with E-state index in [1.807, 2.05) is 30.5 Å². The average molecular weight is 355 g/mol. The Kier molecular flexibility index (Phi) is 4.42. The molecule has 1 aliphatic heterocycles. The van der Waals surface area contributed by atoms with Crippen LogP contribution in [0.5, 0.6) is 0 Å². The monoisotopic (exact) mass is 354 g/mol. The van der Waals surface area contributed by atoms with Crippen molar-refractivity contribution in [3.8, 4) is 11.4 Å². The fourth-order valence-corrected chi connectivity index (χ4v) is 3.17. The van der Waals surface area contributed by atoms with Gasteiger partial charge in [-0.25, -0.2) is 14.4 Å². The Labute approximate surface area is 150 Å². The normalized spacial score (nSPS) is 14.3. The van der Waals surface area contributed by atoms with Gasteiger partial charge in [-0.3, -0.25) is 9.88 Å². The van der Waals surface area contributed by atoms with Gasteiger partial charge in [0.25, 0.3) is 0 Å². The van der Waals surface area contributed by atoms with Gasteiger partial charge >= 0.3 is 0 Å². The van der Waals surface area contributed by atoms with Gasteiger partial charge in [-0.15, -0.1) is 0 Å². The van der Waals surface area contributed by atoms with Crippen LogP contribution in [0.2, 0.25) is 5.02 Å². The standard InChI is InChI=1S/C19H16ClFN4/c20-16-3-1-14(2-4-16)19-23-9-15-12-25(6-5-18(15)24-19)11-13-7-17(21)10-22-8-13/h1-4,7-10H,5-6,11-12H2. The summed E-state index contributed by atoms with van der Waals surface area (Å²) in [6.07, 6.45) is 5.67. The predicted octanol–water partition coefficient (Wildman–Crippen LogP) is 3.89. The molecular weight excluding hydrogens is 339 g/mol. The molecule has 0 saturated heterocycles. The number of halogens is 2. The summed E-state index contributed by atoms with van der Waals surface area (Å²) in [6, 6.07) is 9.07. The maximum Gasteiger partial charge on any atom is 0.159 e. The number of pyridine rings is 1. The van der Waals surface area contributed by atoms with Gasteiger partial charge in [0, 0.05) is 54.6 Å². The van der Waals surface area contributed by atoms with Crippen LogP contribution in [0.3, 0.4) is 0 Å². The molecule has 6 heteroatoms. The molecule has 0 fully saturated rings. The predicted molar refractivity (Wildman–Crippen MR) is 94.5 cm³/mol. The molecule has 0 bridgehead atoms. The number of fused-ring (bicyclic) bond motifs is 1. The van der Waals surface area contributed by atoms with Crippen LogP contribution in [0.4, 0.5) is 4.39 Å². The van der Waals surface area contributed by atoms with Gasteiger partial charge in [0.2, 0.25) is 0 Å². The molecule has 3 aromatic rings. The summed E-state index contributed by atoms with van der Waals surface area (Å²) in [4.78, 5) is 15.4. The molecule has 1 aromatic carbocycles. The van der Waals surface area contributed by atoms with Gasteiger partial charge in [0.05, 0.1) is 11.9 Å². The molecule has 4 nitrogen and oxygen atoms in total. The zero-order valence-electron chi connectivity index (χ0n) is 13.5. The zero-order chi connectivity index (χ0) is 17.2. The first-order valence-corrected chi connectivity index (χ1v) is 8.48. The van der Waals surface area contributed by atoms with Crippen molar-refractivity contribution in [3.05, 3.63) is 76.6 Å². The quantitative estimate of drug-likeness (QED) is 0.715. The topological polar surface area (TPSA) is 41.9 Å². The van der Waals surface area contributed by atoms with Crippen LogP contribution in [-0.2, 0) is 19.5 Å². The number of benzene rings is 1. The average Bonchev–Trinajstić information content (AvgIpc) is 2.62. The molecular formula is C19H16ClFN4. The molecule has 0 unspecified atom stereocenters. The van der Waals surface area contributed by atoms with Crippen LogP contribution in [0.25, 0.3) is 11.4 Å². The van der Waals surface area contributed by atoms with Crippen molar-refractivity contribution in [3.63, 3.8) is 0 Å². The van der Waals surface area contributed by atoms with Crippen LogP contribution >= 0.6 is 11.6 Å². The highest BCUT2D eigenvalue weighted by molar-refractivity contribution is 6.30. The first-order valence-electron chi connectivity index (χ1n) is 8.10. The van der Waals surface area contributed by atoms with E-state index >= 15 is 0 Å². The zero-order valence-corrected chi connectivity index (χ0v) is 14.2. The van der Waals surface area contributed by atoms with Crippen LogP contribution < -0.4 is 0 Å². The van der Waals surface area contributed by atoms with Gasteiger partial charge in [-0.1, -0.05) is 11.6 Å². The highest BCUT2D eigenvalue weighted by Gasteiger charge is 2.19. The molecule has 4 rings (SSSR count). The molecule has 0 saturated carbocycles. The molecule has 0 atom stereocenters. The highest BCUT2D eigenvalue weighted by atomic mass is 35.5. The fourth-order valence-electron chi connectivity index (χ4n) is 3.05. The maximum atomic E-state index is 13.3. The number of hydrogen-bond acceptors (Lipinski definition) is 4. The Morgan fingerprint density at radius 1 is 1.12 bits per heavy atom. The second kappa shape index (κ2) is 6.86. The first-order chi connectivity index (χ1) is 12.2. The SMILES string of the molecule is Fc1cncc(CN2CCc3nc(-c4ccc(Cl)cc4)ncc3C2)c1. The second-order valence-electron chi connectivity index (χ2n) is 6.14. The van der Waals surface area contributed by atoms with Crippen molar-refractivity contribution in [2.45, 2.75) is 19.5 Å². The number of rotatable bonds is 3. The Hall–Kier alpha value is -2.37. The number of nitrogens with zero attached hydrogens (tertiary/aromatic N) is 4. The molecule has 25 heavy (non-hydrogen) atoms. The van der Waals surface area contributed by atoms with Crippen molar-refractivity contribution in [2.24, 2.45) is 0 Å². The summed E-state index contributed by atoms with van der Waals surface area (Å²) < 4.78 is 13.3. The van der Waals surface area contributed by atoms with Crippen molar-refractivity contribution in [1.29, 1.82) is 0 Å². The summed E-state index contributed by atoms with van der Waals surface area (Å²) >= 11 is 5.93. The highest BCUT2D eigenvalue weighted by Crippen LogP contribution is 2.23. The van der Waals surface area contributed by atoms with E-state index in [1.165, 1.54) is 12.3 Å². The van der Waals surface area contributed by atoms with E-state index in [0.29, 0.717) is 11.6 Å². The molecule has 1 aliphatic rings. The van der Waals surface area contributed by atoms with Gasteiger partial charge in [0.1, 0.15) is 5.82 Å². The Morgan fingerprint density at radius 3 is 2.76 bits per heavy atom. The van der Waals surface area contributed by atoms with E-state index in [4.69, 9.17) is 16.6 Å². The van der Waals surface area contributed by atoms with E-state index < -0.39 is 0 Å². The lowest BCUT2D eigenvalue weighted by atomic mass is 10.1. The number of aromatic nitrogens is 3. The maximum absolute atomic E-state index is 13.3. The summed E-state index contributed by atoms with van der Waals surface area (Å²) in [5, 5.41) is 0.698. The molecule has 2 aromatic heterocycles. The molecule has 0 radical (unpaired) electrons. The molecule has 126 valence electrons. The van der Waals surface area contributed by atoms with Crippen LogP contribution in [-0.4, -0.2) is 26.4 Å². The lowest BCUT2D eigenvalue weighted by Crippen LogP contribution is -2.31. The minimum Gasteiger partial charge on any atom is -0.294 e. The van der Waals surface area contributed by atoms with E-state index in [2.05, 4.69) is 14.9 Å². The van der Waals surface area contributed by atoms with Gasteiger partial charge in [-0.2, -0.15) is 0 Å². The van der Waals surface area contributed by atoms with E-state index in [0.717, 1.165) is 47.7 Å². The van der Waals surface area contributed by atoms with E-state index in [1.54, 1.807) is 6.20 Å². The van der Waals surface area contributed by atoms with Crippen molar-refractivity contribution in [2.75, 3.05) is 6.54 Å². The smallest absolute Gasteiger partial charge is 0.159 e. The van der Waals surface area contributed by atoms with E-state index in [-0.39, 0.29) is 5.82 Å². The van der Waals surface area contributed by atoms with Gasteiger partial charge in [-0.05, 0) is 35.9 Å². The van der Waals surface area contributed by atoms with Crippen LogP contribution in [0.1, 0.15) is 16.8 Å². The second-order valence-corrected chi connectivity index (χ2v) is 6.58. The van der Waals surface area contributed by atoms with Crippen LogP contribution in [0.15, 0.2) is 48.9 Å². The first kappa shape index (κ1) is 16.1. The van der Waals surface area contributed by atoms with E-state index in [9.17, 15) is 4.39 Å². The summed E-state index contributed by atoms with van der Waals surface area (Å²) in [5.74, 6) is 0.420. The Morgan fingerprint density at radius 2 is 1.96 bits per heavy atom. The third kappa shape index (κ3) is 3.67. The fraction of sp³-hybridized carbons (Fsp3) is 0.211. The molecule has 3 heterocycles. The summed E-state index contributed by atoms with van der Waals surface area (Å²) in [7, 11) is 0. The van der Waals surface area contributed by atoms with Gasteiger partial charge in [0.15, 0.2) is 5.82 Å². The summed E-state index contributed by atoms with van der Waals surface area (Å²) in [5.41, 5.74) is 4.03. The van der Waals surface area contributed by atoms with Crippen molar-refractivity contribution >= 4 is 11.6 Å². The lowest BCUT2D eigenvalue weighted by molar-refractivity contribution is 0.242. The van der Waals surface area contributed by atoms with Crippen LogP contribution in [0, 0.1) is 5.82 Å². The minimum absolute atomic E-state index is 0.300. The molecule has 0 N–H and O–H groups in total. The third-order valence-corrected chi connectivity index (χ3v) is 4.54. The Balaban J connectivity index is 1.51. The number of hydrogen-bond donors (Lipinski definition) is 0. The molecule has 0 spiro atoms. The van der Waals surface area contributed by atoms with Gasteiger partial charge < -0.3 is 0 Å². The molecule has 0 amide bonds. The lowest BCUT2D eigenvalue weighted by Gasteiger charge is -2.28. The van der Waals surface area contributed by atoms with Crippen molar-refractivity contribution in [1.82, 2.24) is 19.9 Å². The summed E-state index contributed by atoms with van der Waals surface area (Å²) in [6.45, 7) is 2.30. The third-order valence-electron chi connectivity index (χ3n) is 4.28. The molecule has 0 aliphatic carbocycles. The minimum atomic E-state index is -0.300. The van der Waals surface area contributed by atoms with Crippen molar-refractivity contribution < 1.29 is 4.39 Å².